The minimum atomic E-state index is -0.320. The van der Waals surface area contributed by atoms with Gasteiger partial charge in [0.2, 0.25) is 0 Å². The van der Waals surface area contributed by atoms with Gasteiger partial charge in [-0.15, -0.1) is 6.58 Å². The lowest BCUT2D eigenvalue weighted by atomic mass is 9.89. The lowest BCUT2D eigenvalue weighted by molar-refractivity contribution is 0.188. The fourth-order valence-electron chi connectivity index (χ4n) is 0.699. The van der Waals surface area contributed by atoms with E-state index in [9.17, 15) is 0 Å². The molecule has 1 heteroatoms. The highest BCUT2D eigenvalue weighted by Crippen LogP contribution is 2.21. The molecular formula is C9H18O. The Balaban J connectivity index is 3.45. The SMILES string of the molecule is C=CC(O)CCC(C)(C)C. The molecule has 0 aliphatic rings. The van der Waals surface area contributed by atoms with Crippen LogP contribution in [-0.4, -0.2) is 11.2 Å². The van der Waals surface area contributed by atoms with Crippen LogP contribution in [0.2, 0.25) is 0 Å². The van der Waals surface area contributed by atoms with Crippen LogP contribution < -0.4 is 0 Å². The Morgan fingerprint density at radius 3 is 2.30 bits per heavy atom. The fraction of sp³-hybridized carbons (Fsp3) is 0.778. The first kappa shape index (κ1) is 9.70. The summed E-state index contributed by atoms with van der Waals surface area (Å²) >= 11 is 0. The smallest absolute Gasteiger partial charge is 0.0718 e. The lowest BCUT2D eigenvalue weighted by Gasteiger charge is -2.18. The summed E-state index contributed by atoms with van der Waals surface area (Å²) in [4.78, 5) is 0. The van der Waals surface area contributed by atoms with Crippen molar-refractivity contribution in [3.8, 4) is 0 Å². The Bertz CT molecular complexity index is 99.8. The molecule has 0 heterocycles. The second-order valence-corrected chi connectivity index (χ2v) is 3.90. The average Bonchev–Trinajstić information content (AvgIpc) is 1.81. The maximum atomic E-state index is 9.10. The summed E-state index contributed by atoms with van der Waals surface area (Å²) in [6.07, 6.45) is 3.14. The predicted molar refractivity (Wildman–Crippen MR) is 44.9 cm³/mol. The lowest BCUT2D eigenvalue weighted by Crippen LogP contribution is -2.10. The van der Waals surface area contributed by atoms with Gasteiger partial charge in [0.05, 0.1) is 6.10 Å². The minimum absolute atomic E-state index is 0.320. The van der Waals surface area contributed by atoms with Crippen LogP contribution in [0.3, 0.4) is 0 Å². The van der Waals surface area contributed by atoms with Crippen molar-refractivity contribution < 1.29 is 5.11 Å². The quantitative estimate of drug-likeness (QED) is 0.600. The zero-order valence-corrected chi connectivity index (χ0v) is 7.22. The fourth-order valence-corrected chi connectivity index (χ4v) is 0.699. The van der Waals surface area contributed by atoms with Crippen LogP contribution in [0, 0.1) is 5.41 Å². The molecule has 0 rings (SSSR count). The van der Waals surface area contributed by atoms with Crippen LogP contribution in [0.1, 0.15) is 33.6 Å². The summed E-state index contributed by atoms with van der Waals surface area (Å²) in [5.74, 6) is 0. The van der Waals surface area contributed by atoms with E-state index in [0.717, 1.165) is 12.8 Å². The van der Waals surface area contributed by atoms with E-state index in [0.29, 0.717) is 5.41 Å². The number of aliphatic hydroxyl groups is 1. The van der Waals surface area contributed by atoms with Gasteiger partial charge in [-0.1, -0.05) is 26.8 Å². The summed E-state index contributed by atoms with van der Waals surface area (Å²) in [6, 6.07) is 0. The van der Waals surface area contributed by atoms with Gasteiger partial charge in [0.25, 0.3) is 0 Å². The standard InChI is InChI=1S/C9H18O/c1-5-8(10)6-7-9(2,3)4/h5,8,10H,1,6-7H2,2-4H3. The Labute approximate surface area is 63.8 Å². The van der Waals surface area contributed by atoms with Gasteiger partial charge in [0.1, 0.15) is 0 Å². The molecule has 0 saturated heterocycles. The summed E-state index contributed by atoms with van der Waals surface area (Å²) in [6.45, 7) is 10.0. The van der Waals surface area contributed by atoms with Crippen molar-refractivity contribution in [1.82, 2.24) is 0 Å². The van der Waals surface area contributed by atoms with Crippen LogP contribution >= 0.6 is 0 Å². The molecule has 1 nitrogen and oxygen atoms in total. The van der Waals surface area contributed by atoms with Crippen molar-refractivity contribution >= 4 is 0 Å². The number of hydrogen-bond donors (Lipinski definition) is 1. The van der Waals surface area contributed by atoms with Crippen LogP contribution in [0.15, 0.2) is 12.7 Å². The Hall–Kier alpha value is -0.300. The maximum absolute atomic E-state index is 9.10. The molecule has 0 aromatic carbocycles. The van der Waals surface area contributed by atoms with Crippen molar-refractivity contribution in [3.05, 3.63) is 12.7 Å². The first-order chi connectivity index (χ1) is 4.45. The van der Waals surface area contributed by atoms with Crippen molar-refractivity contribution in [2.24, 2.45) is 5.41 Å². The van der Waals surface area contributed by atoms with Crippen LogP contribution in [0.4, 0.5) is 0 Å². The third-order valence-corrected chi connectivity index (χ3v) is 1.46. The first-order valence-electron chi connectivity index (χ1n) is 3.76. The molecule has 0 amide bonds. The highest BCUT2D eigenvalue weighted by atomic mass is 16.3. The molecule has 10 heavy (non-hydrogen) atoms. The molecule has 60 valence electrons. The van der Waals surface area contributed by atoms with Gasteiger partial charge in [-0.3, -0.25) is 0 Å². The molecule has 1 unspecified atom stereocenters. The zero-order valence-electron chi connectivity index (χ0n) is 7.22. The van der Waals surface area contributed by atoms with Gasteiger partial charge in [0, 0.05) is 0 Å². The first-order valence-corrected chi connectivity index (χ1v) is 3.76. The van der Waals surface area contributed by atoms with E-state index in [1.165, 1.54) is 0 Å². The third kappa shape index (κ3) is 5.83. The normalized spacial score (nSPS) is 14.8. The topological polar surface area (TPSA) is 20.2 Å². The van der Waals surface area contributed by atoms with Crippen LogP contribution in [0.25, 0.3) is 0 Å². The Morgan fingerprint density at radius 1 is 1.50 bits per heavy atom. The van der Waals surface area contributed by atoms with E-state index in [2.05, 4.69) is 27.4 Å². The third-order valence-electron chi connectivity index (χ3n) is 1.46. The zero-order chi connectivity index (χ0) is 8.20. The summed E-state index contributed by atoms with van der Waals surface area (Å²) < 4.78 is 0. The summed E-state index contributed by atoms with van der Waals surface area (Å²) in [5.41, 5.74) is 0.323. The number of aliphatic hydroxyl groups excluding tert-OH is 1. The van der Waals surface area contributed by atoms with Gasteiger partial charge in [-0.05, 0) is 18.3 Å². The predicted octanol–water partition coefficient (Wildman–Crippen LogP) is 2.36. The second kappa shape index (κ2) is 3.77. The monoisotopic (exact) mass is 142 g/mol. The molecule has 1 atom stereocenters. The van der Waals surface area contributed by atoms with E-state index < -0.39 is 0 Å². The molecule has 0 bridgehead atoms. The summed E-state index contributed by atoms with van der Waals surface area (Å²) in [7, 11) is 0. The van der Waals surface area contributed by atoms with Gasteiger partial charge in [0.15, 0.2) is 0 Å². The maximum Gasteiger partial charge on any atom is 0.0718 e. The van der Waals surface area contributed by atoms with Gasteiger partial charge < -0.3 is 5.11 Å². The summed E-state index contributed by atoms with van der Waals surface area (Å²) in [5, 5.41) is 9.10. The molecule has 1 N–H and O–H groups in total. The molecule has 0 fully saturated rings. The van der Waals surface area contributed by atoms with E-state index in [1.54, 1.807) is 6.08 Å². The highest BCUT2D eigenvalue weighted by molar-refractivity contribution is 4.79. The van der Waals surface area contributed by atoms with Crippen molar-refractivity contribution in [1.29, 1.82) is 0 Å². The largest absolute Gasteiger partial charge is 0.389 e. The number of hydrogen-bond acceptors (Lipinski definition) is 1. The molecule has 0 aromatic rings. The van der Waals surface area contributed by atoms with Crippen molar-refractivity contribution in [2.75, 3.05) is 0 Å². The molecule has 0 aliphatic carbocycles. The Morgan fingerprint density at radius 2 is 2.00 bits per heavy atom. The second-order valence-electron chi connectivity index (χ2n) is 3.90. The van der Waals surface area contributed by atoms with Crippen LogP contribution in [-0.2, 0) is 0 Å². The van der Waals surface area contributed by atoms with E-state index in [1.807, 2.05) is 0 Å². The molecule has 0 radical (unpaired) electrons. The van der Waals surface area contributed by atoms with Gasteiger partial charge >= 0.3 is 0 Å². The molecule has 0 saturated carbocycles. The molecular weight excluding hydrogens is 124 g/mol. The number of rotatable bonds is 3. The Kier molecular flexibility index (Phi) is 3.66. The van der Waals surface area contributed by atoms with Crippen molar-refractivity contribution in [2.45, 2.75) is 39.7 Å². The van der Waals surface area contributed by atoms with E-state index >= 15 is 0 Å². The van der Waals surface area contributed by atoms with Crippen molar-refractivity contribution in [3.63, 3.8) is 0 Å². The van der Waals surface area contributed by atoms with E-state index in [-0.39, 0.29) is 6.10 Å². The van der Waals surface area contributed by atoms with E-state index in [4.69, 9.17) is 5.11 Å². The molecule has 0 spiro atoms. The average molecular weight is 142 g/mol. The highest BCUT2D eigenvalue weighted by Gasteiger charge is 2.11. The van der Waals surface area contributed by atoms with Crippen LogP contribution in [0.5, 0.6) is 0 Å². The minimum Gasteiger partial charge on any atom is -0.389 e. The van der Waals surface area contributed by atoms with Gasteiger partial charge in [-0.2, -0.15) is 0 Å². The van der Waals surface area contributed by atoms with Gasteiger partial charge in [-0.25, -0.2) is 0 Å². The molecule has 0 aliphatic heterocycles. The molecule has 0 aromatic heterocycles.